The SMILES string of the molecule is O=C(c1ccccc1Cl)N(CCO)c1ccccc1. The molecule has 1 N–H and O–H groups in total. The van der Waals surface area contributed by atoms with E-state index in [0.717, 1.165) is 5.69 Å². The number of anilines is 1. The first kappa shape index (κ1) is 13.6. The van der Waals surface area contributed by atoms with E-state index in [4.69, 9.17) is 16.7 Å². The molecule has 0 fully saturated rings. The highest BCUT2D eigenvalue weighted by Gasteiger charge is 2.18. The third kappa shape index (κ3) is 3.13. The van der Waals surface area contributed by atoms with Gasteiger partial charge in [0, 0.05) is 12.2 Å². The van der Waals surface area contributed by atoms with Crippen LogP contribution in [0.5, 0.6) is 0 Å². The summed E-state index contributed by atoms with van der Waals surface area (Å²) in [6.07, 6.45) is 0. The number of carbonyl (C=O) groups is 1. The van der Waals surface area contributed by atoms with Crippen molar-refractivity contribution in [2.75, 3.05) is 18.1 Å². The fourth-order valence-corrected chi connectivity index (χ4v) is 2.05. The Morgan fingerprint density at radius 3 is 2.32 bits per heavy atom. The van der Waals surface area contributed by atoms with Gasteiger partial charge < -0.3 is 10.0 Å². The maximum absolute atomic E-state index is 12.5. The van der Waals surface area contributed by atoms with Crippen molar-refractivity contribution >= 4 is 23.2 Å². The molecule has 1 amide bonds. The molecule has 0 saturated heterocycles. The highest BCUT2D eigenvalue weighted by Crippen LogP contribution is 2.21. The Hall–Kier alpha value is -1.84. The fourth-order valence-electron chi connectivity index (χ4n) is 1.84. The second kappa shape index (κ2) is 6.36. The fraction of sp³-hybridized carbons (Fsp3) is 0.133. The minimum atomic E-state index is -0.217. The van der Waals surface area contributed by atoms with Gasteiger partial charge in [-0.2, -0.15) is 0 Å². The normalized spacial score (nSPS) is 10.2. The van der Waals surface area contributed by atoms with Crippen LogP contribution in [0.3, 0.4) is 0 Å². The van der Waals surface area contributed by atoms with Gasteiger partial charge in [-0.1, -0.05) is 41.9 Å². The number of hydrogen-bond donors (Lipinski definition) is 1. The van der Waals surface area contributed by atoms with E-state index in [1.807, 2.05) is 30.3 Å². The lowest BCUT2D eigenvalue weighted by Crippen LogP contribution is -2.33. The monoisotopic (exact) mass is 275 g/mol. The van der Waals surface area contributed by atoms with E-state index in [9.17, 15) is 4.79 Å². The van der Waals surface area contributed by atoms with Crippen molar-refractivity contribution in [3.63, 3.8) is 0 Å². The lowest BCUT2D eigenvalue weighted by Gasteiger charge is -2.22. The molecule has 0 atom stereocenters. The summed E-state index contributed by atoms with van der Waals surface area (Å²) in [6.45, 7) is 0.124. The quantitative estimate of drug-likeness (QED) is 0.932. The van der Waals surface area contributed by atoms with Crippen molar-refractivity contribution in [1.29, 1.82) is 0 Å². The molecule has 0 aromatic heterocycles. The van der Waals surface area contributed by atoms with Gasteiger partial charge in [0.25, 0.3) is 5.91 Å². The largest absolute Gasteiger partial charge is 0.395 e. The van der Waals surface area contributed by atoms with E-state index in [2.05, 4.69) is 0 Å². The van der Waals surface area contributed by atoms with Crippen molar-refractivity contribution in [2.24, 2.45) is 0 Å². The van der Waals surface area contributed by atoms with Crippen molar-refractivity contribution in [3.05, 3.63) is 65.2 Å². The molecule has 0 aliphatic heterocycles. The third-order valence-electron chi connectivity index (χ3n) is 2.74. The highest BCUT2D eigenvalue weighted by molar-refractivity contribution is 6.34. The van der Waals surface area contributed by atoms with Crippen molar-refractivity contribution < 1.29 is 9.90 Å². The van der Waals surface area contributed by atoms with Crippen LogP contribution in [-0.2, 0) is 0 Å². The van der Waals surface area contributed by atoms with Crippen LogP contribution in [0, 0.1) is 0 Å². The van der Waals surface area contributed by atoms with E-state index >= 15 is 0 Å². The van der Waals surface area contributed by atoms with Crippen LogP contribution in [0.4, 0.5) is 5.69 Å². The molecule has 0 saturated carbocycles. The van der Waals surface area contributed by atoms with E-state index in [0.29, 0.717) is 10.6 Å². The molecule has 98 valence electrons. The number of carbonyl (C=O) groups excluding carboxylic acids is 1. The number of benzene rings is 2. The first-order chi connectivity index (χ1) is 9.24. The van der Waals surface area contributed by atoms with Crippen LogP contribution in [0.25, 0.3) is 0 Å². The average molecular weight is 276 g/mol. The average Bonchev–Trinajstić information content (AvgIpc) is 2.45. The number of rotatable bonds is 4. The molecule has 0 heterocycles. The van der Waals surface area contributed by atoms with E-state index in [1.165, 1.54) is 4.90 Å². The van der Waals surface area contributed by atoms with Gasteiger partial charge in [0.05, 0.1) is 17.2 Å². The summed E-state index contributed by atoms with van der Waals surface area (Å²) < 4.78 is 0. The summed E-state index contributed by atoms with van der Waals surface area (Å²) in [5.41, 5.74) is 1.17. The van der Waals surface area contributed by atoms with Crippen molar-refractivity contribution in [1.82, 2.24) is 0 Å². The summed E-state index contributed by atoms with van der Waals surface area (Å²) in [7, 11) is 0. The molecule has 19 heavy (non-hydrogen) atoms. The second-order valence-electron chi connectivity index (χ2n) is 4.00. The molecule has 0 bridgehead atoms. The minimum Gasteiger partial charge on any atom is -0.395 e. The summed E-state index contributed by atoms with van der Waals surface area (Å²) in [5, 5.41) is 9.54. The smallest absolute Gasteiger partial charge is 0.259 e. The molecule has 2 rings (SSSR count). The molecule has 4 heteroatoms. The Morgan fingerprint density at radius 1 is 1.05 bits per heavy atom. The van der Waals surface area contributed by atoms with Crippen LogP contribution >= 0.6 is 11.6 Å². The molecule has 0 radical (unpaired) electrons. The van der Waals surface area contributed by atoms with Crippen molar-refractivity contribution in [2.45, 2.75) is 0 Å². The number of halogens is 1. The summed E-state index contributed by atoms with van der Waals surface area (Å²) in [6, 6.07) is 16.1. The van der Waals surface area contributed by atoms with Crippen LogP contribution < -0.4 is 4.90 Å². The zero-order valence-corrected chi connectivity index (χ0v) is 11.0. The zero-order valence-electron chi connectivity index (χ0n) is 10.3. The van der Waals surface area contributed by atoms with Gasteiger partial charge in [-0.3, -0.25) is 4.79 Å². The van der Waals surface area contributed by atoms with E-state index < -0.39 is 0 Å². The summed E-state index contributed by atoms with van der Waals surface area (Å²) in [4.78, 5) is 14.0. The number of para-hydroxylation sites is 1. The number of nitrogens with zero attached hydrogens (tertiary/aromatic N) is 1. The van der Waals surface area contributed by atoms with Gasteiger partial charge in [0.15, 0.2) is 0 Å². The number of amides is 1. The molecule has 2 aromatic rings. The molecule has 3 nitrogen and oxygen atoms in total. The van der Waals surface area contributed by atoms with Crippen LogP contribution in [0.15, 0.2) is 54.6 Å². The van der Waals surface area contributed by atoms with Gasteiger partial charge in [0.1, 0.15) is 0 Å². The molecular formula is C15H14ClNO2. The van der Waals surface area contributed by atoms with Crippen LogP contribution in [0.1, 0.15) is 10.4 Å². The Balaban J connectivity index is 2.35. The lowest BCUT2D eigenvalue weighted by atomic mass is 10.1. The second-order valence-corrected chi connectivity index (χ2v) is 4.40. The van der Waals surface area contributed by atoms with Gasteiger partial charge in [0.2, 0.25) is 0 Å². The maximum Gasteiger partial charge on any atom is 0.259 e. The molecule has 0 aliphatic carbocycles. The molecular weight excluding hydrogens is 262 g/mol. The van der Waals surface area contributed by atoms with E-state index in [-0.39, 0.29) is 19.1 Å². The van der Waals surface area contributed by atoms with Gasteiger partial charge in [-0.05, 0) is 24.3 Å². The van der Waals surface area contributed by atoms with E-state index in [1.54, 1.807) is 24.3 Å². The van der Waals surface area contributed by atoms with Gasteiger partial charge in [-0.25, -0.2) is 0 Å². The summed E-state index contributed by atoms with van der Waals surface area (Å²) >= 11 is 6.04. The highest BCUT2D eigenvalue weighted by atomic mass is 35.5. The number of aliphatic hydroxyl groups excluding tert-OH is 1. The van der Waals surface area contributed by atoms with Crippen molar-refractivity contribution in [3.8, 4) is 0 Å². The number of aliphatic hydroxyl groups is 1. The van der Waals surface area contributed by atoms with Crippen LogP contribution in [0.2, 0.25) is 5.02 Å². The Bertz CT molecular complexity index is 557. The van der Waals surface area contributed by atoms with Gasteiger partial charge in [-0.15, -0.1) is 0 Å². The maximum atomic E-state index is 12.5. The predicted molar refractivity (Wildman–Crippen MR) is 76.7 cm³/mol. The Labute approximate surface area is 117 Å². The Morgan fingerprint density at radius 2 is 1.68 bits per heavy atom. The molecule has 0 aliphatic rings. The number of hydrogen-bond acceptors (Lipinski definition) is 2. The first-order valence-electron chi connectivity index (χ1n) is 5.96. The predicted octanol–water partition coefficient (Wildman–Crippen LogP) is 2.98. The van der Waals surface area contributed by atoms with Crippen LogP contribution in [-0.4, -0.2) is 24.2 Å². The minimum absolute atomic E-state index is 0.106. The standard InChI is InChI=1S/C15H14ClNO2/c16-14-9-5-4-8-13(14)15(19)17(10-11-18)12-6-2-1-3-7-12/h1-9,18H,10-11H2. The zero-order chi connectivity index (χ0) is 13.7. The third-order valence-corrected chi connectivity index (χ3v) is 3.07. The van der Waals surface area contributed by atoms with Gasteiger partial charge >= 0.3 is 0 Å². The molecule has 0 unspecified atom stereocenters. The summed E-state index contributed by atoms with van der Waals surface area (Å²) in [5.74, 6) is -0.217. The molecule has 2 aromatic carbocycles. The molecule has 0 spiro atoms. The Kier molecular flexibility index (Phi) is 4.55. The lowest BCUT2D eigenvalue weighted by molar-refractivity contribution is 0.0981. The topological polar surface area (TPSA) is 40.5 Å². The first-order valence-corrected chi connectivity index (χ1v) is 6.34.